The molecule has 1 aromatic rings. The van der Waals surface area contributed by atoms with Gasteiger partial charge in [-0.05, 0) is 51.1 Å². The average Bonchev–Trinajstić information content (AvgIpc) is 2.80. The van der Waals surface area contributed by atoms with E-state index in [1.165, 1.54) is 31.3 Å². The minimum Gasteiger partial charge on any atom is -0.478 e. The molecule has 0 aliphatic heterocycles. The summed E-state index contributed by atoms with van der Waals surface area (Å²) < 4.78 is 0. The van der Waals surface area contributed by atoms with Crippen molar-refractivity contribution in [3.05, 3.63) is 35.4 Å². The molecule has 0 saturated carbocycles. The van der Waals surface area contributed by atoms with Crippen LogP contribution < -0.4 is 10.2 Å². The number of allylic oxidation sites excluding steroid dienone is 1. The zero-order valence-corrected chi connectivity index (χ0v) is 23.2. The Morgan fingerprint density at radius 3 is 2.35 bits per heavy atom. The van der Waals surface area contributed by atoms with E-state index >= 15 is 0 Å². The van der Waals surface area contributed by atoms with Crippen molar-refractivity contribution in [2.24, 2.45) is 15.9 Å². The Morgan fingerprint density at radius 2 is 1.82 bits per heavy atom. The zero-order chi connectivity index (χ0) is 26.5. The Labute approximate surface area is 209 Å². The van der Waals surface area contributed by atoms with E-state index in [1.54, 1.807) is 25.5 Å². The Kier molecular flexibility index (Phi) is 20.7. The molecule has 1 unspecified atom stereocenters. The second kappa shape index (κ2) is 20.9. The fourth-order valence-electron chi connectivity index (χ4n) is 3.32. The number of anilines is 2. The van der Waals surface area contributed by atoms with Crippen LogP contribution in [0.2, 0.25) is 0 Å². The highest BCUT2D eigenvalue weighted by Crippen LogP contribution is 2.29. The van der Waals surface area contributed by atoms with Crippen molar-refractivity contribution in [2.45, 2.75) is 86.6 Å². The number of aromatic carboxylic acids is 1. The number of carbonyl (C=O) groups is 1. The third-order valence-corrected chi connectivity index (χ3v) is 5.03. The lowest BCUT2D eigenvalue weighted by Crippen LogP contribution is -2.29. The molecule has 6 nitrogen and oxygen atoms in total. The summed E-state index contributed by atoms with van der Waals surface area (Å²) in [5, 5.41) is 12.6. The molecular formula is C28H50N4O2. The standard InChI is InChI=1S/C24H39N3O2.C2H5N.C2H6/c1-7-8-9-10-11-20(5)27(6)23-13-12-21(24(28)29)15-22(23)26-17-25-16-19(4)14-18(2)3;1-3-2;1-2/h12-15,17-18,20H,7-11,16H2,1-6H3,(H,25,26)(H,28,29);1H2,2H3;1-2H3/b19-14+;;. The van der Waals surface area contributed by atoms with Crippen molar-refractivity contribution in [3.8, 4) is 0 Å². The maximum Gasteiger partial charge on any atom is 0.335 e. The largest absolute Gasteiger partial charge is 0.478 e. The summed E-state index contributed by atoms with van der Waals surface area (Å²) in [6.07, 6.45) is 9.96. The lowest BCUT2D eigenvalue weighted by atomic mass is 10.1. The van der Waals surface area contributed by atoms with E-state index < -0.39 is 5.97 Å². The number of carboxylic acid groups (broad SMARTS) is 1. The molecule has 0 heterocycles. The number of benzene rings is 1. The predicted molar refractivity (Wildman–Crippen MR) is 152 cm³/mol. The Bertz CT molecular complexity index is 742. The van der Waals surface area contributed by atoms with Gasteiger partial charge in [-0.3, -0.25) is 4.99 Å². The maximum atomic E-state index is 11.4. The first kappa shape index (κ1) is 33.5. The molecule has 0 aromatic heterocycles. The van der Waals surface area contributed by atoms with E-state index in [-0.39, 0.29) is 5.56 Å². The number of aliphatic imine (C=N–C) groups is 2. The average molecular weight is 475 g/mol. The van der Waals surface area contributed by atoms with E-state index in [0.717, 1.165) is 17.8 Å². The number of hydrogen-bond acceptors (Lipinski definition) is 4. The van der Waals surface area contributed by atoms with Crippen LogP contribution in [0.4, 0.5) is 11.4 Å². The molecule has 194 valence electrons. The second-order valence-electron chi connectivity index (χ2n) is 8.53. The van der Waals surface area contributed by atoms with Crippen molar-refractivity contribution < 1.29 is 9.90 Å². The predicted octanol–water partition coefficient (Wildman–Crippen LogP) is 7.57. The summed E-state index contributed by atoms with van der Waals surface area (Å²) in [6.45, 7) is 18.5. The molecule has 0 radical (unpaired) electrons. The normalized spacial score (nSPS) is 11.8. The third kappa shape index (κ3) is 15.3. The van der Waals surface area contributed by atoms with Gasteiger partial charge in [-0.15, -0.1) is 0 Å². The summed E-state index contributed by atoms with van der Waals surface area (Å²) in [5.41, 5.74) is 3.24. The molecule has 0 spiro atoms. The molecule has 34 heavy (non-hydrogen) atoms. The van der Waals surface area contributed by atoms with E-state index in [0.29, 0.717) is 18.5 Å². The molecule has 1 atom stereocenters. The first-order valence-corrected chi connectivity index (χ1v) is 12.5. The van der Waals surface area contributed by atoms with Gasteiger partial charge in [0.1, 0.15) is 0 Å². The molecule has 0 aliphatic carbocycles. The monoisotopic (exact) mass is 474 g/mol. The van der Waals surface area contributed by atoms with Crippen molar-refractivity contribution in [3.63, 3.8) is 0 Å². The highest BCUT2D eigenvalue weighted by molar-refractivity contribution is 5.93. The summed E-state index contributed by atoms with van der Waals surface area (Å²) >= 11 is 0. The molecule has 0 fully saturated rings. The van der Waals surface area contributed by atoms with Crippen molar-refractivity contribution >= 4 is 30.4 Å². The Morgan fingerprint density at radius 1 is 1.21 bits per heavy atom. The molecule has 1 aromatic carbocycles. The van der Waals surface area contributed by atoms with Gasteiger partial charge in [-0.1, -0.05) is 72.0 Å². The van der Waals surface area contributed by atoms with Crippen LogP contribution in [-0.4, -0.2) is 50.8 Å². The fourth-order valence-corrected chi connectivity index (χ4v) is 3.32. The molecule has 0 amide bonds. The number of hydrogen-bond donors (Lipinski definition) is 2. The van der Waals surface area contributed by atoms with Crippen molar-refractivity contribution in [1.82, 2.24) is 0 Å². The van der Waals surface area contributed by atoms with Gasteiger partial charge in [-0.2, -0.15) is 0 Å². The quantitative estimate of drug-likeness (QED) is 0.134. The highest BCUT2D eigenvalue weighted by Gasteiger charge is 2.15. The molecule has 2 N–H and O–H groups in total. The number of unbranched alkanes of at least 4 members (excludes halogenated alkanes) is 3. The van der Waals surface area contributed by atoms with Crippen molar-refractivity contribution in [2.75, 3.05) is 30.9 Å². The topological polar surface area (TPSA) is 77.3 Å². The molecule has 6 heteroatoms. The van der Waals surface area contributed by atoms with Crippen LogP contribution >= 0.6 is 0 Å². The van der Waals surface area contributed by atoms with Crippen molar-refractivity contribution in [1.29, 1.82) is 0 Å². The van der Waals surface area contributed by atoms with Crippen LogP contribution in [-0.2, 0) is 0 Å². The van der Waals surface area contributed by atoms with Crippen LogP contribution in [0.15, 0.2) is 39.8 Å². The maximum absolute atomic E-state index is 11.4. The lowest BCUT2D eigenvalue weighted by molar-refractivity contribution is 0.0697. The smallest absolute Gasteiger partial charge is 0.335 e. The second-order valence-corrected chi connectivity index (χ2v) is 8.53. The molecule has 0 saturated heterocycles. The van der Waals surface area contributed by atoms with Gasteiger partial charge >= 0.3 is 5.97 Å². The van der Waals surface area contributed by atoms with Gasteiger partial charge < -0.3 is 20.3 Å². The van der Waals surface area contributed by atoms with Crippen LogP contribution in [0.3, 0.4) is 0 Å². The van der Waals surface area contributed by atoms with Gasteiger partial charge in [-0.25, -0.2) is 4.79 Å². The third-order valence-electron chi connectivity index (χ3n) is 5.03. The first-order chi connectivity index (χ1) is 16.2. The fraction of sp³-hybridized carbons (Fsp3) is 0.607. The van der Waals surface area contributed by atoms with E-state index in [4.69, 9.17) is 0 Å². The number of nitrogens with zero attached hydrogens (tertiary/aromatic N) is 3. The van der Waals surface area contributed by atoms with Gasteiger partial charge in [0.05, 0.1) is 29.8 Å². The summed E-state index contributed by atoms with van der Waals surface area (Å²) in [7, 11) is 3.71. The SMILES string of the molecule is C=NC.CC.CCCCCCC(C)N(C)c1ccc(C(=O)O)cc1NC=NC/C(C)=C/C(C)C. The van der Waals surface area contributed by atoms with E-state index in [9.17, 15) is 9.90 Å². The van der Waals surface area contributed by atoms with E-state index in [2.05, 4.69) is 74.7 Å². The molecule has 0 aliphatic rings. The number of rotatable bonds is 13. The first-order valence-electron chi connectivity index (χ1n) is 12.5. The number of carboxylic acids is 1. The summed E-state index contributed by atoms with van der Waals surface area (Å²) in [6, 6.07) is 5.60. The van der Waals surface area contributed by atoms with E-state index in [1.807, 2.05) is 19.9 Å². The molecule has 1 rings (SSSR count). The van der Waals surface area contributed by atoms with Crippen LogP contribution in [0.1, 0.15) is 90.9 Å². The summed E-state index contributed by atoms with van der Waals surface area (Å²) in [4.78, 5) is 21.3. The lowest BCUT2D eigenvalue weighted by Gasteiger charge is -2.29. The van der Waals surface area contributed by atoms with Crippen LogP contribution in [0, 0.1) is 5.92 Å². The minimum atomic E-state index is -0.928. The summed E-state index contributed by atoms with van der Waals surface area (Å²) in [5.74, 6) is -0.424. The highest BCUT2D eigenvalue weighted by atomic mass is 16.4. The van der Waals surface area contributed by atoms with Gasteiger partial charge in [0, 0.05) is 20.1 Å². The number of nitrogens with one attached hydrogen (secondary N) is 1. The Hall–Kier alpha value is -2.63. The Balaban J connectivity index is 0. The van der Waals surface area contributed by atoms with Gasteiger partial charge in [0.2, 0.25) is 0 Å². The van der Waals surface area contributed by atoms with Crippen LogP contribution in [0.25, 0.3) is 0 Å². The van der Waals surface area contributed by atoms with Gasteiger partial charge in [0.15, 0.2) is 0 Å². The molecule has 0 bridgehead atoms. The van der Waals surface area contributed by atoms with Gasteiger partial charge in [0.25, 0.3) is 0 Å². The zero-order valence-electron chi connectivity index (χ0n) is 23.2. The van der Waals surface area contributed by atoms with Crippen LogP contribution in [0.5, 0.6) is 0 Å². The minimum absolute atomic E-state index is 0.268. The molecular weight excluding hydrogens is 424 g/mol.